The summed E-state index contributed by atoms with van der Waals surface area (Å²) in [5, 5.41) is 11.6. The number of rotatable bonds is 15. The Labute approximate surface area is 277 Å². The largest absolute Gasteiger partial charge is 0.507 e. The molecular weight excluding hydrogens is 596 g/mol. The molecule has 0 spiro atoms. The van der Waals surface area contributed by atoms with Crippen LogP contribution in [0.5, 0.6) is 17.2 Å². The second kappa shape index (κ2) is 16.5. The minimum Gasteiger partial charge on any atom is -0.507 e. The molecule has 1 atom stereocenters. The summed E-state index contributed by atoms with van der Waals surface area (Å²) < 4.78 is 23.1. The molecule has 0 bridgehead atoms. The SMILES string of the molecule is CCCCCOc1ccc(C2/C(=C(\O)c3ccc(OCc4cccc(C)c4)cc3)C(=O)C(=O)N2CCCN2CCOCC2)cc1OC. The maximum absolute atomic E-state index is 13.6. The molecule has 0 radical (unpaired) electrons. The number of ketones is 1. The fourth-order valence-corrected chi connectivity index (χ4v) is 6.09. The van der Waals surface area contributed by atoms with Crippen molar-refractivity contribution in [1.29, 1.82) is 0 Å². The lowest BCUT2D eigenvalue weighted by Gasteiger charge is -2.29. The van der Waals surface area contributed by atoms with E-state index in [2.05, 4.69) is 17.9 Å². The number of morpholine rings is 1. The molecule has 1 unspecified atom stereocenters. The van der Waals surface area contributed by atoms with Crippen LogP contribution in [0.4, 0.5) is 0 Å². The van der Waals surface area contributed by atoms with Crippen LogP contribution in [0.15, 0.2) is 72.3 Å². The van der Waals surface area contributed by atoms with Crippen molar-refractivity contribution in [1.82, 2.24) is 9.80 Å². The number of aliphatic hydroxyl groups is 1. The summed E-state index contributed by atoms with van der Waals surface area (Å²) in [6.45, 7) is 9.32. The number of amides is 1. The van der Waals surface area contributed by atoms with Crippen LogP contribution in [0.2, 0.25) is 0 Å². The van der Waals surface area contributed by atoms with Gasteiger partial charge in [0.05, 0.1) is 38.5 Å². The number of hydrogen-bond donors (Lipinski definition) is 1. The van der Waals surface area contributed by atoms with E-state index in [0.29, 0.717) is 67.8 Å². The van der Waals surface area contributed by atoms with Gasteiger partial charge in [0.15, 0.2) is 11.5 Å². The third-order valence-electron chi connectivity index (χ3n) is 8.64. The molecule has 250 valence electrons. The zero-order valence-corrected chi connectivity index (χ0v) is 27.7. The average molecular weight is 643 g/mol. The Hall–Kier alpha value is -4.34. The summed E-state index contributed by atoms with van der Waals surface area (Å²) in [4.78, 5) is 31.1. The summed E-state index contributed by atoms with van der Waals surface area (Å²) in [6, 6.07) is 19.7. The highest BCUT2D eigenvalue weighted by atomic mass is 16.5. The molecule has 9 heteroatoms. The first-order valence-electron chi connectivity index (χ1n) is 16.6. The van der Waals surface area contributed by atoms with Crippen molar-refractivity contribution < 1.29 is 33.6 Å². The number of nitrogens with zero attached hydrogens (tertiary/aromatic N) is 2. The van der Waals surface area contributed by atoms with Gasteiger partial charge in [-0.15, -0.1) is 0 Å². The second-order valence-corrected chi connectivity index (χ2v) is 12.1. The lowest BCUT2D eigenvalue weighted by molar-refractivity contribution is -0.140. The van der Waals surface area contributed by atoms with Gasteiger partial charge in [0.25, 0.3) is 11.7 Å². The fraction of sp³-hybridized carbons (Fsp3) is 0.421. The van der Waals surface area contributed by atoms with Gasteiger partial charge in [0, 0.05) is 31.7 Å². The van der Waals surface area contributed by atoms with E-state index in [1.807, 2.05) is 37.3 Å². The molecule has 5 rings (SSSR count). The number of carbonyl (C=O) groups is 2. The number of hydrogen-bond acceptors (Lipinski definition) is 8. The first-order valence-corrected chi connectivity index (χ1v) is 16.6. The Morgan fingerprint density at radius 3 is 2.43 bits per heavy atom. The zero-order chi connectivity index (χ0) is 33.2. The molecule has 1 amide bonds. The first kappa shape index (κ1) is 34.0. The maximum atomic E-state index is 13.6. The molecule has 2 saturated heterocycles. The van der Waals surface area contributed by atoms with Gasteiger partial charge in [0.1, 0.15) is 18.1 Å². The number of benzene rings is 3. The normalized spacial score (nSPS) is 18.0. The summed E-state index contributed by atoms with van der Waals surface area (Å²) in [6.07, 6.45) is 3.76. The molecule has 0 aromatic heterocycles. The van der Waals surface area contributed by atoms with Crippen LogP contribution in [-0.4, -0.2) is 79.7 Å². The van der Waals surface area contributed by atoms with Gasteiger partial charge in [-0.3, -0.25) is 14.5 Å². The van der Waals surface area contributed by atoms with Gasteiger partial charge in [-0.05, 0) is 67.3 Å². The van der Waals surface area contributed by atoms with Crippen LogP contribution in [0, 0.1) is 6.92 Å². The van der Waals surface area contributed by atoms with Crippen molar-refractivity contribution in [3.8, 4) is 17.2 Å². The molecule has 47 heavy (non-hydrogen) atoms. The summed E-state index contributed by atoms with van der Waals surface area (Å²) in [5.74, 6) is 0.162. The smallest absolute Gasteiger partial charge is 0.295 e. The molecular formula is C38H46N2O7. The number of aryl methyl sites for hydroxylation is 1. The van der Waals surface area contributed by atoms with Crippen molar-refractivity contribution in [2.75, 3.05) is 53.1 Å². The van der Waals surface area contributed by atoms with Crippen LogP contribution < -0.4 is 14.2 Å². The van der Waals surface area contributed by atoms with Crippen molar-refractivity contribution in [2.45, 2.75) is 52.2 Å². The maximum Gasteiger partial charge on any atom is 0.295 e. The number of Topliss-reactive ketones (excluding diaryl/α,β-unsaturated/α-hetero) is 1. The number of aliphatic hydroxyl groups excluding tert-OH is 1. The van der Waals surface area contributed by atoms with Crippen LogP contribution in [0.3, 0.4) is 0 Å². The van der Waals surface area contributed by atoms with E-state index in [4.69, 9.17) is 18.9 Å². The lowest BCUT2D eigenvalue weighted by Crippen LogP contribution is -2.39. The molecule has 9 nitrogen and oxygen atoms in total. The molecule has 2 aliphatic heterocycles. The van der Waals surface area contributed by atoms with Crippen LogP contribution >= 0.6 is 0 Å². The van der Waals surface area contributed by atoms with Gasteiger partial charge in [-0.2, -0.15) is 0 Å². The summed E-state index contributed by atoms with van der Waals surface area (Å²) in [7, 11) is 1.57. The zero-order valence-electron chi connectivity index (χ0n) is 27.7. The average Bonchev–Trinajstić information content (AvgIpc) is 3.35. The Balaban J connectivity index is 1.42. The molecule has 2 fully saturated rings. The minimum absolute atomic E-state index is 0.0495. The van der Waals surface area contributed by atoms with Crippen molar-refractivity contribution >= 4 is 17.4 Å². The van der Waals surface area contributed by atoms with Crippen LogP contribution in [0.25, 0.3) is 5.76 Å². The van der Waals surface area contributed by atoms with Gasteiger partial charge >= 0.3 is 0 Å². The molecule has 2 aliphatic rings. The van der Waals surface area contributed by atoms with E-state index < -0.39 is 17.7 Å². The molecule has 0 saturated carbocycles. The molecule has 1 N–H and O–H groups in total. The number of ether oxygens (including phenoxy) is 4. The Kier molecular flexibility index (Phi) is 11.9. The van der Waals surface area contributed by atoms with E-state index >= 15 is 0 Å². The summed E-state index contributed by atoms with van der Waals surface area (Å²) >= 11 is 0. The van der Waals surface area contributed by atoms with Gasteiger partial charge in [-0.25, -0.2) is 0 Å². The Morgan fingerprint density at radius 2 is 1.70 bits per heavy atom. The van der Waals surface area contributed by atoms with Gasteiger partial charge < -0.3 is 29.0 Å². The van der Waals surface area contributed by atoms with E-state index in [9.17, 15) is 14.7 Å². The monoisotopic (exact) mass is 642 g/mol. The second-order valence-electron chi connectivity index (χ2n) is 12.1. The Morgan fingerprint density at radius 1 is 0.915 bits per heavy atom. The van der Waals surface area contributed by atoms with Gasteiger partial charge in [0.2, 0.25) is 0 Å². The highest BCUT2D eigenvalue weighted by Crippen LogP contribution is 2.42. The number of unbranched alkanes of at least 4 members (excludes halogenated alkanes) is 2. The van der Waals surface area contributed by atoms with E-state index in [0.717, 1.165) is 50.0 Å². The third kappa shape index (κ3) is 8.53. The van der Waals surface area contributed by atoms with Crippen LogP contribution in [0.1, 0.15) is 60.9 Å². The van der Waals surface area contributed by atoms with Crippen molar-refractivity contribution in [2.24, 2.45) is 0 Å². The quantitative estimate of drug-likeness (QED) is 0.0894. The Bertz CT molecular complexity index is 1550. The third-order valence-corrected chi connectivity index (χ3v) is 8.64. The van der Waals surface area contributed by atoms with Crippen LogP contribution in [-0.2, 0) is 20.9 Å². The standard InChI is InChI=1S/C38H46N2O7/c1-4-5-6-21-46-32-16-13-30(25-33(32)44-3)35-34(37(42)38(43)40(35)18-8-17-39-19-22-45-23-20-39)36(41)29-11-14-31(15-12-29)47-26-28-10-7-9-27(2)24-28/h7,9-16,24-25,35,41H,4-6,8,17-23,26H2,1-3H3/b36-34+. The van der Waals surface area contributed by atoms with E-state index in [1.54, 1.807) is 42.3 Å². The predicted molar refractivity (Wildman–Crippen MR) is 181 cm³/mol. The van der Waals surface area contributed by atoms with Gasteiger partial charge in [-0.1, -0.05) is 55.7 Å². The fourth-order valence-electron chi connectivity index (χ4n) is 6.09. The first-order chi connectivity index (χ1) is 22.9. The van der Waals surface area contributed by atoms with Crippen molar-refractivity contribution in [3.63, 3.8) is 0 Å². The van der Waals surface area contributed by atoms with E-state index in [1.165, 1.54) is 0 Å². The highest BCUT2D eigenvalue weighted by Gasteiger charge is 2.46. The predicted octanol–water partition coefficient (Wildman–Crippen LogP) is 6.30. The highest BCUT2D eigenvalue weighted by molar-refractivity contribution is 6.46. The van der Waals surface area contributed by atoms with Crippen molar-refractivity contribution in [3.05, 3.63) is 94.6 Å². The molecule has 3 aromatic carbocycles. The summed E-state index contributed by atoms with van der Waals surface area (Å²) in [5.41, 5.74) is 3.34. The molecule has 2 heterocycles. The van der Waals surface area contributed by atoms with E-state index in [-0.39, 0.29) is 11.3 Å². The topological polar surface area (TPSA) is 97.8 Å². The number of methoxy groups -OCH3 is 1. The molecule has 3 aromatic rings. The number of carbonyl (C=O) groups excluding carboxylic acids is 2. The minimum atomic E-state index is -0.792. The molecule has 0 aliphatic carbocycles. The lowest BCUT2D eigenvalue weighted by atomic mass is 9.95. The number of likely N-dealkylation sites (tertiary alicyclic amines) is 1.